The Labute approximate surface area is 150 Å². The average Bonchev–Trinajstić information content (AvgIpc) is 2.94. The van der Waals surface area contributed by atoms with Crippen LogP contribution in [0.25, 0.3) is 0 Å². The van der Waals surface area contributed by atoms with Crippen LogP contribution in [-0.2, 0) is 7.05 Å². The Balaban J connectivity index is 1.74. The number of allylic oxidation sites excluding steroid dienone is 4. The quantitative estimate of drug-likeness (QED) is 0.653. The van der Waals surface area contributed by atoms with Gasteiger partial charge in [0.15, 0.2) is 5.78 Å². The Kier molecular flexibility index (Phi) is 4.79. The van der Waals surface area contributed by atoms with Crippen LogP contribution in [0.5, 0.6) is 5.75 Å². The van der Waals surface area contributed by atoms with Gasteiger partial charge in [-0.1, -0.05) is 31.2 Å². The van der Waals surface area contributed by atoms with Crippen LogP contribution in [0.4, 0.5) is 0 Å². The normalized spacial score (nSPS) is 20.1. The van der Waals surface area contributed by atoms with Crippen LogP contribution in [0.15, 0.2) is 58.2 Å². The predicted molar refractivity (Wildman–Crippen MR) is 97.6 cm³/mol. The number of aromatic amines is 1. The molecule has 0 saturated heterocycles. The predicted octanol–water partition coefficient (Wildman–Crippen LogP) is 1.69. The van der Waals surface area contributed by atoms with Gasteiger partial charge in [0.2, 0.25) is 0 Å². The number of nitrogens with zero attached hydrogens (tertiary/aromatic N) is 2. The molecule has 1 atom stereocenters. The molecule has 0 bridgehead atoms. The smallest absolute Gasteiger partial charge is 0.347 e. The molecule has 1 N–H and O–H groups in total. The van der Waals surface area contributed by atoms with Crippen LogP contribution in [0.1, 0.15) is 23.3 Å². The molecule has 136 valence electrons. The van der Waals surface area contributed by atoms with E-state index in [1.165, 1.54) is 11.7 Å². The molecule has 0 radical (unpaired) electrons. The largest absolute Gasteiger partial charge is 0.497 e. The van der Waals surface area contributed by atoms with Crippen LogP contribution in [0, 0.1) is 11.8 Å². The molecule has 1 aromatic heterocycles. The zero-order valence-corrected chi connectivity index (χ0v) is 14.9. The number of carbonyl (C=O) groups excluding carboxylic acids is 1. The Morgan fingerprint density at radius 1 is 1.12 bits per heavy atom. The maximum Gasteiger partial charge on any atom is 0.347 e. The minimum absolute atomic E-state index is 0.0377. The first-order chi connectivity index (χ1) is 12.4. The fourth-order valence-corrected chi connectivity index (χ4v) is 2.99. The third kappa shape index (κ3) is 3.20. The van der Waals surface area contributed by atoms with E-state index in [1.807, 2.05) is 31.2 Å². The number of Topliss-reactive ketones (excluding diaryl/α,β-unsaturated/α-hetero) is 1. The second-order valence-corrected chi connectivity index (χ2v) is 6.35. The Hall–Kier alpha value is -3.09. The molecule has 1 aliphatic carbocycles. The zero-order valence-electron chi connectivity index (χ0n) is 14.9. The highest BCUT2D eigenvalue weighted by molar-refractivity contribution is 5.98. The van der Waals surface area contributed by atoms with Gasteiger partial charge in [-0.15, -0.1) is 0 Å². The van der Waals surface area contributed by atoms with Crippen molar-refractivity contribution in [1.29, 1.82) is 0 Å². The van der Waals surface area contributed by atoms with E-state index >= 15 is 0 Å². The van der Waals surface area contributed by atoms with Gasteiger partial charge in [0, 0.05) is 24.4 Å². The van der Waals surface area contributed by atoms with E-state index in [-0.39, 0.29) is 23.7 Å². The third-order valence-corrected chi connectivity index (χ3v) is 4.74. The van der Waals surface area contributed by atoms with Crippen molar-refractivity contribution < 1.29 is 9.53 Å². The summed E-state index contributed by atoms with van der Waals surface area (Å²) in [6, 6.07) is 6.67. The van der Waals surface area contributed by atoms with E-state index in [2.05, 4.69) is 5.10 Å². The van der Waals surface area contributed by atoms with Gasteiger partial charge in [-0.05, 0) is 24.3 Å². The second kappa shape index (κ2) is 7.03. The standard InChI is InChI=1S/C19H21N3O4/c1-12(17(23)14-6-10-16(26-3)11-7-14)13-4-8-15(9-5-13)22-19(25)21(2)18(24)20-22/h4-13,15H,1-3H3,(H,20,24)/t12-,13?,15?/m1/s1. The number of rotatable bonds is 5. The molecule has 1 aromatic carbocycles. The molecule has 0 amide bonds. The topological polar surface area (TPSA) is 86.1 Å². The van der Waals surface area contributed by atoms with Crippen LogP contribution < -0.4 is 16.1 Å². The summed E-state index contributed by atoms with van der Waals surface area (Å²) < 4.78 is 7.39. The van der Waals surface area contributed by atoms with E-state index in [0.717, 1.165) is 4.57 Å². The summed E-state index contributed by atoms with van der Waals surface area (Å²) in [5.74, 6) is 0.419. The van der Waals surface area contributed by atoms with E-state index < -0.39 is 11.4 Å². The molecular formula is C19H21N3O4. The molecule has 1 aliphatic rings. The van der Waals surface area contributed by atoms with Crippen molar-refractivity contribution in [1.82, 2.24) is 14.3 Å². The lowest BCUT2D eigenvalue weighted by molar-refractivity contribution is 0.0914. The van der Waals surface area contributed by atoms with Crippen LogP contribution in [0.3, 0.4) is 0 Å². The first-order valence-electron chi connectivity index (χ1n) is 8.35. The zero-order chi connectivity index (χ0) is 18.8. The van der Waals surface area contributed by atoms with Gasteiger partial charge in [-0.3, -0.25) is 4.79 Å². The van der Waals surface area contributed by atoms with E-state index in [4.69, 9.17) is 4.74 Å². The van der Waals surface area contributed by atoms with Gasteiger partial charge in [-0.2, -0.15) is 0 Å². The second-order valence-electron chi connectivity index (χ2n) is 6.35. The minimum Gasteiger partial charge on any atom is -0.497 e. The van der Waals surface area contributed by atoms with Gasteiger partial charge >= 0.3 is 11.4 Å². The Morgan fingerprint density at radius 3 is 2.23 bits per heavy atom. The summed E-state index contributed by atoms with van der Waals surface area (Å²) in [5, 5.41) is 2.52. The summed E-state index contributed by atoms with van der Waals surface area (Å²) >= 11 is 0. The minimum atomic E-state index is -0.457. The van der Waals surface area contributed by atoms with Crippen molar-refractivity contribution in [3.63, 3.8) is 0 Å². The summed E-state index contributed by atoms with van der Waals surface area (Å²) in [6.07, 6.45) is 7.43. The van der Waals surface area contributed by atoms with Crippen molar-refractivity contribution in [2.45, 2.75) is 13.0 Å². The SMILES string of the molecule is COc1ccc(C(=O)[C@H](C)C2C=CC(n3[nH]c(=O)n(C)c3=O)C=C2)cc1. The maximum absolute atomic E-state index is 12.7. The number of hydrogen-bond acceptors (Lipinski definition) is 4. The summed E-state index contributed by atoms with van der Waals surface area (Å²) in [5.41, 5.74) is -0.233. The van der Waals surface area contributed by atoms with E-state index in [9.17, 15) is 14.4 Å². The number of nitrogens with one attached hydrogen (secondary N) is 1. The molecule has 26 heavy (non-hydrogen) atoms. The third-order valence-electron chi connectivity index (χ3n) is 4.74. The van der Waals surface area contributed by atoms with Crippen molar-refractivity contribution in [2.75, 3.05) is 7.11 Å². The summed E-state index contributed by atoms with van der Waals surface area (Å²) in [4.78, 5) is 36.2. The van der Waals surface area contributed by atoms with Crippen molar-refractivity contribution in [2.24, 2.45) is 18.9 Å². The van der Waals surface area contributed by atoms with E-state index in [0.29, 0.717) is 11.3 Å². The number of methoxy groups -OCH3 is 1. The van der Waals surface area contributed by atoms with Gasteiger partial charge in [0.05, 0.1) is 13.2 Å². The summed E-state index contributed by atoms with van der Waals surface area (Å²) in [6.45, 7) is 1.88. The van der Waals surface area contributed by atoms with Crippen LogP contribution >= 0.6 is 0 Å². The molecule has 0 unspecified atom stereocenters. The number of benzene rings is 1. The molecule has 2 aromatic rings. The molecule has 0 fully saturated rings. The van der Waals surface area contributed by atoms with Gasteiger partial charge in [0.25, 0.3) is 0 Å². The number of ketones is 1. The average molecular weight is 355 g/mol. The lowest BCUT2D eigenvalue weighted by atomic mass is 9.84. The number of H-pyrrole nitrogens is 1. The highest BCUT2D eigenvalue weighted by Gasteiger charge is 2.24. The molecule has 3 rings (SSSR count). The van der Waals surface area contributed by atoms with Gasteiger partial charge in [-0.25, -0.2) is 23.9 Å². The monoisotopic (exact) mass is 355 g/mol. The molecule has 7 nitrogen and oxygen atoms in total. The lowest BCUT2D eigenvalue weighted by Crippen LogP contribution is -2.28. The highest BCUT2D eigenvalue weighted by atomic mass is 16.5. The Morgan fingerprint density at radius 2 is 1.73 bits per heavy atom. The first kappa shape index (κ1) is 17.7. The maximum atomic E-state index is 12.7. The molecular weight excluding hydrogens is 334 g/mol. The summed E-state index contributed by atoms with van der Waals surface area (Å²) in [7, 11) is 3.01. The highest BCUT2D eigenvalue weighted by Crippen LogP contribution is 2.26. The molecule has 0 saturated carbocycles. The lowest BCUT2D eigenvalue weighted by Gasteiger charge is -2.21. The molecule has 7 heteroatoms. The Bertz CT molecular complexity index is 961. The fourth-order valence-electron chi connectivity index (χ4n) is 2.99. The van der Waals surface area contributed by atoms with Crippen molar-refractivity contribution >= 4 is 5.78 Å². The number of hydrogen-bond donors (Lipinski definition) is 1. The molecule has 0 spiro atoms. The van der Waals surface area contributed by atoms with Crippen molar-refractivity contribution in [3.8, 4) is 5.75 Å². The van der Waals surface area contributed by atoms with Gasteiger partial charge < -0.3 is 4.74 Å². The first-order valence-corrected chi connectivity index (χ1v) is 8.35. The van der Waals surface area contributed by atoms with Gasteiger partial charge in [0.1, 0.15) is 5.75 Å². The van der Waals surface area contributed by atoms with Crippen molar-refractivity contribution in [3.05, 3.63) is 75.1 Å². The fraction of sp³-hybridized carbons (Fsp3) is 0.316. The molecule has 1 heterocycles. The number of ether oxygens (including phenoxy) is 1. The van der Waals surface area contributed by atoms with E-state index in [1.54, 1.807) is 31.4 Å². The molecule has 0 aliphatic heterocycles. The number of aromatic nitrogens is 3. The number of carbonyl (C=O) groups is 1. The van der Waals surface area contributed by atoms with Crippen LogP contribution in [0.2, 0.25) is 0 Å². The van der Waals surface area contributed by atoms with Crippen LogP contribution in [-0.4, -0.2) is 27.2 Å².